The van der Waals surface area contributed by atoms with E-state index in [1.807, 2.05) is 6.07 Å². The molecule has 0 aliphatic heterocycles. The zero-order valence-corrected chi connectivity index (χ0v) is 14.0. The first-order chi connectivity index (χ1) is 9.73. The van der Waals surface area contributed by atoms with Crippen LogP contribution < -0.4 is 5.73 Å². The van der Waals surface area contributed by atoms with Crippen molar-refractivity contribution in [2.75, 3.05) is 5.73 Å². The van der Waals surface area contributed by atoms with Gasteiger partial charge in [-0.1, -0.05) is 58.0 Å². The molecule has 3 heteroatoms. The Balaban J connectivity index is 2.56. The van der Waals surface area contributed by atoms with E-state index in [2.05, 4.69) is 70.4 Å². The molecular weight excluding hydrogens is 258 g/mol. The molecule has 1 aromatic carbocycles. The topological polar surface area (TPSA) is 43.8 Å². The Morgan fingerprint density at radius 2 is 1.62 bits per heavy atom. The lowest BCUT2D eigenvalue weighted by molar-refractivity contribution is 0.472. The highest BCUT2D eigenvalue weighted by Gasteiger charge is 2.28. The smallest absolute Gasteiger partial charge is 0.127 e. The van der Waals surface area contributed by atoms with Crippen LogP contribution in [0.3, 0.4) is 0 Å². The Morgan fingerprint density at radius 1 is 1.05 bits per heavy atom. The lowest BCUT2D eigenvalue weighted by Gasteiger charge is -2.22. The summed E-state index contributed by atoms with van der Waals surface area (Å²) >= 11 is 0. The SMILES string of the molecule is CC(c1ccccc1)c1nc(C(C)(C)C)n(C(C)C)c1N. The van der Waals surface area contributed by atoms with Gasteiger partial charge in [-0.25, -0.2) is 4.98 Å². The zero-order valence-electron chi connectivity index (χ0n) is 14.0. The minimum atomic E-state index is -0.0208. The maximum Gasteiger partial charge on any atom is 0.127 e. The van der Waals surface area contributed by atoms with Gasteiger partial charge in [0.1, 0.15) is 11.6 Å². The van der Waals surface area contributed by atoms with E-state index in [0.29, 0.717) is 6.04 Å². The predicted molar refractivity (Wildman–Crippen MR) is 89.7 cm³/mol. The van der Waals surface area contributed by atoms with E-state index in [0.717, 1.165) is 17.3 Å². The fraction of sp³-hybridized carbons (Fsp3) is 0.500. The molecule has 0 radical (unpaired) electrons. The molecule has 2 N–H and O–H groups in total. The van der Waals surface area contributed by atoms with Gasteiger partial charge in [0.15, 0.2) is 0 Å². The average Bonchev–Trinajstić information content (AvgIpc) is 2.76. The van der Waals surface area contributed by atoms with Crippen molar-refractivity contribution in [1.82, 2.24) is 9.55 Å². The molecule has 2 rings (SSSR count). The largest absolute Gasteiger partial charge is 0.384 e. The van der Waals surface area contributed by atoms with Crippen LogP contribution in [0, 0.1) is 0 Å². The minimum Gasteiger partial charge on any atom is -0.384 e. The molecule has 1 atom stereocenters. The van der Waals surface area contributed by atoms with Crippen LogP contribution in [0.4, 0.5) is 5.82 Å². The van der Waals surface area contributed by atoms with Gasteiger partial charge >= 0.3 is 0 Å². The lowest BCUT2D eigenvalue weighted by atomic mass is 9.95. The number of anilines is 1. The Hall–Kier alpha value is -1.77. The molecule has 0 aliphatic rings. The number of nitrogen functional groups attached to an aromatic ring is 1. The summed E-state index contributed by atoms with van der Waals surface area (Å²) in [5.41, 5.74) is 8.65. The fourth-order valence-electron chi connectivity index (χ4n) is 2.73. The summed E-state index contributed by atoms with van der Waals surface area (Å²) in [5.74, 6) is 2.06. The van der Waals surface area contributed by atoms with Gasteiger partial charge in [-0.2, -0.15) is 0 Å². The minimum absolute atomic E-state index is 0.0208. The van der Waals surface area contributed by atoms with Crippen molar-refractivity contribution in [2.24, 2.45) is 0 Å². The Bertz CT molecular complexity index is 603. The number of imidazole rings is 1. The van der Waals surface area contributed by atoms with Crippen LogP contribution in [0.5, 0.6) is 0 Å². The van der Waals surface area contributed by atoms with E-state index in [4.69, 9.17) is 10.7 Å². The number of aromatic nitrogens is 2. The van der Waals surface area contributed by atoms with Crippen molar-refractivity contribution in [3.63, 3.8) is 0 Å². The number of hydrogen-bond acceptors (Lipinski definition) is 2. The number of nitrogens with zero attached hydrogens (tertiary/aromatic N) is 2. The molecule has 0 saturated carbocycles. The second-order valence-electron chi connectivity index (χ2n) is 7.05. The van der Waals surface area contributed by atoms with Gasteiger partial charge in [0, 0.05) is 17.4 Å². The first-order valence-corrected chi connectivity index (χ1v) is 7.66. The number of nitrogens with two attached hydrogens (primary N) is 1. The van der Waals surface area contributed by atoms with Crippen molar-refractivity contribution in [1.29, 1.82) is 0 Å². The highest BCUT2D eigenvalue weighted by Crippen LogP contribution is 2.34. The van der Waals surface area contributed by atoms with E-state index < -0.39 is 0 Å². The Labute approximate surface area is 128 Å². The third kappa shape index (κ3) is 2.97. The summed E-state index contributed by atoms with van der Waals surface area (Å²) in [4.78, 5) is 4.92. The maximum atomic E-state index is 6.44. The van der Waals surface area contributed by atoms with Crippen molar-refractivity contribution < 1.29 is 0 Å². The summed E-state index contributed by atoms with van der Waals surface area (Å²) < 4.78 is 2.18. The van der Waals surface area contributed by atoms with Crippen LogP contribution in [0.1, 0.15) is 70.6 Å². The van der Waals surface area contributed by atoms with E-state index in [-0.39, 0.29) is 11.3 Å². The van der Waals surface area contributed by atoms with Crippen LogP contribution in [-0.4, -0.2) is 9.55 Å². The summed E-state index contributed by atoms with van der Waals surface area (Å²) in [5, 5.41) is 0. The zero-order chi connectivity index (χ0) is 15.8. The molecular formula is C18H27N3. The molecule has 2 aromatic rings. The van der Waals surface area contributed by atoms with Gasteiger partial charge in [-0.05, 0) is 19.4 Å². The first-order valence-electron chi connectivity index (χ1n) is 7.66. The van der Waals surface area contributed by atoms with Gasteiger partial charge in [0.2, 0.25) is 0 Å². The molecule has 0 saturated heterocycles. The van der Waals surface area contributed by atoms with Crippen LogP contribution in [0.15, 0.2) is 30.3 Å². The first kappa shape index (κ1) is 15.6. The molecule has 1 aromatic heterocycles. The summed E-state index contributed by atoms with van der Waals surface area (Å²) in [7, 11) is 0. The van der Waals surface area contributed by atoms with E-state index in [9.17, 15) is 0 Å². The quantitative estimate of drug-likeness (QED) is 0.902. The molecule has 1 unspecified atom stereocenters. The van der Waals surface area contributed by atoms with Gasteiger partial charge in [-0.15, -0.1) is 0 Å². The standard InChI is InChI=1S/C18H27N3/c1-12(2)21-16(19)15(20-17(21)18(4,5)6)13(3)14-10-8-7-9-11-14/h7-13H,19H2,1-6H3. The molecule has 1 heterocycles. The second kappa shape index (κ2) is 5.55. The second-order valence-corrected chi connectivity index (χ2v) is 7.05. The molecule has 0 amide bonds. The maximum absolute atomic E-state index is 6.44. The average molecular weight is 285 g/mol. The Morgan fingerprint density at radius 3 is 2.05 bits per heavy atom. The van der Waals surface area contributed by atoms with Gasteiger partial charge in [-0.3, -0.25) is 0 Å². The Kier molecular flexibility index (Phi) is 4.13. The molecule has 0 aliphatic carbocycles. The summed E-state index contributed by atoms with van der Waals surface area (Å²) in [6.45, 7) is 13.0. The van der Waals surface area contributed by atoms with E-state index in [1.165, 1.54) is 5.56 Å². The molecule has 114 valence electrons. The molecule has 0 fully saturated rings. The van der Waals surface area contributed by atoms with Gasteiger partial charge < -0.3 is 10.3 Å². The van der Waals surface area contributed by atoms with Crippen LogP contribution in [0.25, 0.3) is 0 Å². The van der Waals surface area contributed by atoms with Crippen LogP contribution in [-0.2, 0) is 5.41 Å². The number of hydrogen-bond donors (Lipinski definition) is 1. The van der Waals surface area contributed by atoms with Gasteiger partial charge in [0.05, 0.1) is 5.69 Å². The summed E-state index contributed by atoms with van der Waals surface area (Å²) in [6.07, 6.45) is 0. The van der Waals surface area contributed by atoms with Crippen molar-refractivity contribution in [2.45, 2.75) is 58.9 Å². The number of benzene rings is 1. The van der Waals surface area contributed by atoms with Crippen LogP contribution in [0.2, 0.25) is 0 Å². The molecule has 0 bridgehead atoms. The summed E-state index contributed by atoms with van der Waals surface area (Å²) in [6, 6.07) is 10.7. The highest BCUT2D eigenvalue weighted by molar-refractivity contribution is 5.46. The molecule has 21 heavy (non-hydrogen) atoms. The van der Waals surface area contributed by atoms with Crippen molar-refractivity contribution in [3.05, 3.63) is 47.4 Å². The van der Waals surface area contributed by atoms with E-state index in [1.54, 1.807) is 0 Å². The molecule has 3 nitrogen and oxygen atoms in total. The van der Waals surface area contributed by atoms with E-state index >= 15 is 0 Å². The van der Waals surface area contributed by atoms with Crippen molar-refractivity contribution >= 4 is 5.82 Å². The third-order valence-corrected chi connectivity index (χ3v) is 3.87. The molecule has 0 spiro atoms. The van der Waals surface area contributed by atoms with Crippen molar-refractivity contribution in [3.8, 4) is 0 Å². The van der Waals surface area contributed by atoms with Gasteiger partial charge in [0.25, 0.3) is 0 Å². The highest BCUT2D eigenvalue weighted by atomic mass is 15.2. The fourth-order valence-corrected chi connectivity index (χ4v) is 2.73. The lowest BCUT2D eigenvalue weighted by Crippen LogP contribution is -2.21. The third-order valence-electron chi connectivity index (χ3n) is 3.87. The normalized spacial score (nSPS) is 13.7. The number of rotatable bonds is 3. The monoisotopic (exact) mass is 285 g/mol. The van der Waals surface area contributed by atoms with Crippen LogP contribution >= 0.6 is 0 Å². The predicted octanol–water partition coefficient (Wildman–Crippen LogP) is 4.50.